The first-order chi connectivity index (χ1) is 11.9. The smallest absolute Gasteiger partial charge is 0.257 e. The summed E-state index contributed by atoms with van der Waals surface area (Å²) in [5.74, 6) is 1.17. The van der Waals surface area contributed by atoms with Gasteiger partial charge in [0.05, 0.1) is 6.61 Å². The first kappa shape index (κ1) is 16.7. The van der Waals surface area contributed by atoms with Crippen molar-refractivity contribution in [2.45, 2.75) is 38.7 Å². The molecule has 0 amide bonds. The molecule has 1 N–H and O–H groups in total. The van der Waals surface area contributed by atoms with Crippen molar-refractivity contribution >= 4 is 0 Å². The highest BCUT2D eigenvalue weighted by atomic mass is 16.6. The summed E-state index contributed by atoms with van der Waals surface area (Å²) in [6, 6.07) is 13.8. The second kappa shape index (κ2) is 8.66. The van der Waals surface area contributed by atoms with Crippen molar-refractivity contribution in [3.8, 4) is 11.6 Å². The van der Waals surface area contributed by atoms with Crippen LogP contribution >= 0.6 is 0 Å². The van der Waals surface area contributed by atoms with E-state index in [0.717, 1.165) is 24.9 Å². The van der Waals surface area contributed by atoms with Crippen LogP contribution in [0.5, 0.6) is 11.6 Å². The minimum absolute atomic E-state index is 0.0773. The molecule has 1 aromatic heterocycles. The highest BCUT2D eigenvalue weighted by Gasteiger charge is 2.27. The van der Waals surface area contributed by atoms with Gasteiger partial charge in [0.2, 0.25) is 0 Å². The molecule has 3 rings (SSSR count). The Hall–Kier alpha value is -2.11. The van der Waals surface area contributed by atoms with Gasteiger partial charge in [0.15, 0.2) is 5.75 Å². The Morgan fingerprint density at radius 1 is 1.25 bits per heavy atom. The molecule has 24 heavy (non-hydrogen) atoms. The van der Waals surface area contributed by atoms with Gasteiger partial charge in [-0.15, -0.1) is 0 Å². The van der Waals surface area contributed by atoms with Crippen LogP contribution in [0.3, 0.4) is 0 Å². The van der Waals surface area contributed by atoms with Gasteiger partial charge in [0.25, 0.3) is 5.88 Å². The van der Waals surface area contributed by atoms with E-state index in [9.17, 15) is 0 Å². The highest BCUT2D eigenvalue weighted by Crippen LogP contribution is 2.27. The molecule has 5 heteroatoms. The van der Waals surface area contributed by atoms with Gasteiger partial charge in [-0.3, -0.25) is 5.32 Å². The monoisotopic (exact) mass is 328 g/mol. The molecule has 0 aliphatic carbocycles. The number of nitrogens with one attached hydrogen (secondary N) is 1. The van der Waals surface area contributed by atoms with Gasteiger partial charge in [0.1, 0.15) is 18.9 Å². The van der Waals surface area contributed by atoms with Gasteiger partial charge < -0.3 is 14.2 Å². The Kier molecular flexibility index (Phi) is 6.04. The Morgan fingerprint density at radius 2 is 2.12 bits per heavy atom. The molecule has 2 atom stereocenters. The number of hydrogen-bond acceptors (Lipinski definition) is 5. The molecule has 0 radical (unpaired) electrons. The van der Waals surface area contributed by atoms with Crippen molar-refractivity contribution in [2.24, 2.45) is 0 Å². The number of ether oxygens (including phenoxy) is 3. The lowest BCUT2D eigenvalue weighted by Gasteiger charge is -2.24. The third-order valence-corrected chi connectivity index (χ3v) is 3.89. The lowest BCUT2D eigenvalue weighted by Crippen LogP contribution is -2.40. The second-order valence-electron chi connectivity index (χ2n) is 5.77. The van der Waals surface area contributed by atoms with Gasteiger partial charge in [-0.25, -0.2) is 4.98 Å². The highest BCUT2D eigenvalue weighted by molar-refractivity contribution is 5.33. The Balaban J connectivity index is 1.68. The number of rotatable bonds is 8. The predicted molar refractivity (Wildman–Crippen MR) is 92.1 cm³/mol. The van der Waals surface area contributed by atoms with Crippen LogP contribution in [-0.4, -0.2) is 30.5 Å². The summed E-state index contributed by atoms with van der Waals surface area (Å²) >= 11 is 0. The summed E-state index contributed by atoms with van der Waals surface area (Å²) in [5.41, 5.74) is 1.11. The lowest BCUT2D eigenvalue weighted by molar-refractivity contribution is -0.00490. The molecule has 1 aliphatic heterocycles. The van der Waals surface area contributed by atoms with Crippen LogP contribution in [-0.2, 0) is 11.3 Å². The second-order valence-corrected chi connectivity index (χ2v) is 5.77. The van der Waals surface area contributed by atoms with Crippen molar-refractivity contribution in [2.75, 3.05) is 13.2 Å². The molecule has 0 saturated carbocycles. The van der Waals surface area contributed by atoms with Crippen LogP contribution in [0.4, 0.5) is 0 Å². The van der Waals surface area contributed by atoms with Crippen molar-refractivity contribution in [1.82, 2.24) is 10.3 Å². The fourth-order valence-corrected chi connectivity index (χ4v) is 2.69. The largest absolute Gasteiger partial charge is 0.483 e. The quantitative estimate of drug-likeness (QED) is 0.807. The molecule has 2 heterocycles. The minimum atomic E-state index is -0.0890. The van der Waals surface area contributed by atoms with Crippen LogP contribution < -0.4 is 14.8 Å². The molecule has 1 saturated heterocycles. The summed E-state index contributed by atoms with van der Waals surface area (Å²) in [5, 5.41) is 3.32. The predicted octanol–water partition coefficient (Wildman–Crippen LogP) is 3.15. The first-order valence-electron chi connectivity index (χ1n) is 8.50. The van der Waals surface area contributed by atoms with E-state index in [1.54, 1.807) is 6.20 Å². The standard InChI is InChI=1S/C19H24N2O3/c1-2-7-17(18-21-12-13-22-18)24-19-16(10-6-11-20-19)23-14-15-8-4-3-5-9-15/h3-6,8-11,17-18,21H,2,7,12-14H2,1H3. The fourth-order valence-electron chi connectivity index (χ4n) is 2.69. The molecule has 0 spiro atoms. The summed E-state index contributed by atoms with van der Waals surface area (Å²) in [6.45, 7) is 4.19. The maximum Gasteiger partial charge on any atom is 0.257 e. The minimum Gasteiger partial charge on any atom is -0.483 e. The number of benzene rings is 1. The van der Waals surface area contributed by atoms with Gasteiger partial charge in [-0.1, -0.05) is 43.7 Å². The molecule has 0 bridgehead atoms. The van der Waals surface area contributed by atoms with Crippen LogP contribution in [0.2, 0.25) is 0 Å². The average Bonchev–Trinajstić information content (AvgIpc) is 3.16. The molecule has 5 nitrogen and oxygen atoms in total. The van der Waals surface area contributed by atoms with Crippen molar-refractivity contribution in [1.29, 1.82) is 0 Å². The van der Waals surface area contributed by atoms with E-state index in [1.807, 2.05) is 42.5 Å². The van der Waals surface area contributed by atoms with Gasteiger partial charge >= 0.3 is 0 Å². The summed E-state index contributed by atoms with van der Waals surface area (Å²) < 4.78 is 17.8. The zero-order valence-electron chi connectivity index (χ0n) is 14.0. The molecular formula is C19H24N2O3. The number of pyridine rings is 1. The van der Waals surface area contributed by atoms with Crippen LogP contribution in [0, 0.1) is 0 Å². The zero-order valence-corrected chi connectivity index (χ0v) is 14.0. The SMILES string of the molecule is CCCC(Oc1ncccc1OCc1ccccc1)C1NCCO1. The van der Waals surface area contributed by atoms with E-state index in [2.05, 4.69) is 17.2 Å². The Labute approximate surface area is 143 Å². The number of aromatic nitrogens is 1. The van der Waals surface area contributed by atoms with Crippen molar-refractivity contribution in [3.05, 3.63) is 54.2 Å². The Morgan fingerprint density at radius 3 is 2.88 bits per heavy atom. The molecule has 1 aliphatic rings. The van der Waals surface area contributed by atoms with Crippen LogP contribution in [0.1, 0.15) is 25.3 Å². The van der Waals surface area contributed by atoms with Crippen LogP contribution in [0.25, 0.3) is 0 Å². The van der Waals surface area contributed by atoms with Crippen molar-refractivity contribution in [3.63, 3.8) is 0 Å². The topological polar surface area (TPSA) is 52.6 Å². The number of hydrogen-bond donors (Lipinski definition) is 1. The first-order valence-corrected chi connectivity index (χ1v) is 8.50. The van der Waals surface area contributed by atoms with Crippen molar-refractivity contribution < 1.29 is 14.2 Å². The molecule has 2 aromatic rings. The van der Waals surface area contributed by atoms with E-state index < -0.39 is 0 Å². The van der Waals surface area contributed by atoms with E-state index >= 15 is 0 Å². The molecule has 2 unspecified atom stereocenters. The molecule has 128 valence electrons. The summed E-state index contributed by atoms with van der Waals surface area (Å²) in [6.07, 6.45) is 3.46. The maximum atomic E-state index is 6.13. The molecular weight excluding hydrogens is 304 g/mol. The van der Waals surface area contributed by atoms with E-state index in [4.69, 9.17) is 14.2 Å². The van der Waals surface area contributed by atoms with Gasteiger partial charge in [-0.2, -0.15) is 0 Å². The average molecular weight is 328 g/mol. The molecule has 1 fully saturated rings. The zero-order chi connectivity index (χ0) is 16.6. The number of nitrogens with zero attached hydrogens (tertiary/aromatic N) is 1. The lowest BCUT2D eigenvalue weighted by atomic mass is 10.2. The third-order valence-electron chi connectivity index (χ3n) is 3.89. The van der Waals surface area contributed by atoms with Gasteiger partial charge in [-0.05, 0) is 24.1 Å². The van der Waals surface area contributed by atoms with E-state index in [0.29, 0.717) is 24.8 Å². The van der Waals surface area contributed by atoms with E-state index in [1.165, 1.54) is 0 Å². The van der Waals surface area contributed by atoms with E-state index in [-0.39, 0.29) is 12.3 Å². The summed E-state index contributed by atoms with van der Waals surface area (Å²) in [7, 11) is 0. The summed E-state index contributed by atoms with van der Waals surface area (Å²) in [4.78, 5) is 4.35. The maximum absolute atomic E-state index is 6.13. The Bertz CT molecular complexity index is 615. The third kappa shape index (κ3) is 4.46. The van der Waals surface area contributed by atoms with Gasteiger partial charge in [0, 0.05) is 12.7 Å². The molecule has 1 aromatic carbocycles. The van der Waals surface area contributed by atoms with Crippen LogP contribution in [0.15, 0.2) is 48.7 Å². The fraction of sp³-hybridized carbons (Fsp3) is 0.421. The normalized spacial score (nSPS) is 18.3.